The Hall–Kier alpha value is -2.39. The van der Waals surface area contributed by atoms with Gasteiger partial charge in [0.05, 0.1) is 29.9 Å². The van der Waals surface area contributed by atoms with E-state index in [2.05, 4.69) is 10.3 Å². The van der Waals surface area contributed by atoms with Gasteiger partial charge in [-0.1, -0.05) is 5.16 Å². The van der Waals surface area contributed by atoms with E-state index in [1.54, 1.807) is 36.7 Å². The third-order valence-corrected chi connectivity index (χ3v) is 5.98. The van der Waals surface area contributed by atoms with E-state index in [-0.39, 0.29) is 11.4 Å². The fourth-order valence-electron chi connectivity index (χ4n) is 2.71. The van der Waals surface area contributed by atoms with Crippen LogP contribution in [0, 0.1) is 20.8 Å². The van der Waals surface area contributed by atoms with E-state index in [0.29, 0.717) is 29.5 Å². The molecule has 0 atom stereocenters. The minimum atomic E-state index is -3.70. The van der Waals surface area contributed by atoms with Crippen molar-refractivity contribution in [2.24, 2.45) is 0 Å². The molecule has 0 amide bonds. The Balaban J connectivity index is 1.90. The van der Waals surface area contributed by atoms with Gasteiger partial charge in [0.2, 0.25) is 10.0 Å². The second kappa shape index (κ2) is 6.49. The molecule has 134 valence electrons. The summed E-state index contributed by atoms with van der Waals surface area (Å²) in [6, 6.07) is 5.26. The van der Waals surface area contributed by atoms with E-state index in [9.17, 15) is 8.42 Å². The molecule has 3 aromatic rings. The van der Waals surface area contributed by atoms with Crippen LogP contribution in [0.5, 0.6) is 0 Å². The minimum absolute atomic E-state index is 0.153. The van der Waals surface area contributed by atoms with Crippen LogP contribution < -0.4 is 0 Å². The van der Waals surface area contributed by atoms with Gasteiger partial charge in [-0.15, -0.1) is 0 Å². The van der Waals surface area contributed by atoms with Crippen molar-refractivity contribution < 1.29 is 17.4 Å². The van der Waals surface area contributed by atoms with Gasteiger partial charge in [0, 0.05) is 13.1 Å². The molecule has 3 heterocycles. The third kappa shape index (κ3) is 3.38. The quantitative estimate of drug-likeness (QED) is 0.666. The second-order valence-electron chi connectivity index (χ2n) is 5.93. The Kier molecular flexibility index (Phi) is 4.53. The summed E-state index contributed by atoms with van der Waals surface area (Å²) >= 11 is 0. The number of rotatable bonds is 6. The fraction of sp³-hybridized carbons (Fsp3) is 0.375. The second-order valence-corrected chi connectivity index (χ2v) is 7.91. The predicted octanol–water partition coefficient (Wildman–Crippen LogP) is 2.26. The molecule has 0 aromatic carbocycles. The van der Waals surface area contributed by atoms with Crippen LogP contribution in [0.2, 0.25) is 0 Å². The summed E-state index contributed by atoms with van der Waals surface area (Å²) in [7, 11) is -2.18. The number of aryl methyl sites for hydroxylation is 2. The first-order valence-corrected chi connectivity index (χ1v) is 9.18. The molecular weight excluding hydrogens is 344 g/mol. The molecule has 3 aromatic heterocycles. The number of hydrogen-bond acceptors (Lipinski definition) is 6. The average Bonchev–Trinajstić information content (AvgIpc) is 3.23. The minimum Gasteiger partial charge on any atom is -0.468 e. The summed E-state index contributed by atoms with van der Waals surface area (Å²) in [4.78, 5) is 0.206. The van der Waals surface area contributed by atoms with Crippen LogP contribution in [-0.2, 0) is 23.1 Å². The highest BCUT2D eigenvalue weighted by Gasteiger charge is 2.29. The van der Waals surface area contributed by atoms with Crippen LogP contribution in [0.3, 0.4) is 0 Å². The molecule has 0 aliphatic carbocycles. The molecule has 0 radical (unpaired) electrons. The first-order chi connectivity index (χ1) is 11.8. The lowest BCUT2D eigenvalue weighted by atomic mass is 10.3. The van der Waals surface area contributed by atoms with Crippen molar-refractivity contribution in [3.63, 3.8) is 0 Å². The molecule has 0 aliphatic rings. The zero-order valence-corrected chi connectivity index (χ0v) is 15.4. The van der Waals surface area contributed by atoms with Gasteiger partial charge in [-0.05, 0) is 32.9 Å². The molecule has 0 bridgehead atoms. The zero-order valence-electron chi connectivity index (χ0n) is 14.6. The molecule has 0 saturated heterocycles. The molecule has 0 unspecified atom stereocenters. The summed E-state index contributed by atoms with van der Waals surface area (Å²) < 4.78 is 39.2. The summed E-state index contributed by atoms with van der Waals surface area (Å²) in [5.41, 5.74) is 1.76. The number of furan rings is 1. The Bertz CT molecular complexity index is 970. The lowest BCUT2D eigenvalue weighted by molar-refractivity contribution is 0.366. The van der Waals surface area contributed by atoms with Gasteiger partial charge in [-0.3, -0.25) is 4.68 Å². The van der Waals surface area contributed by atoms with Crippen molar-refractivity contribution in [2.45, 2.75) is 38.8 Å². The predicted molar refractivity (Wildman–Crippen MR) is 89.4 cm³/mol. The molecule has 0 saturated carbocycles. The maximum absolute atomic E-state index is 13.0. The van der Waals surface area contributed by atoms with Crippen LogP contribution in [0.4, 0.5) is 0 Å². The number of aromatic nitrogens is 3. The molecule has 25 heavy (non-hydrogen) atoms. The SMILES string of the molecule is Cc1cc(Cn2nc(C)c(S(=O)(=O)N(C)Cc3ccco3)c2C)on1. The molecular formula is C16H20N4O4S. The number of nitrogens with zero attached hydrogens (tertiary/aromatic N) is 4. The first kappa shape index (κ1) is 17.4. The largest absolute Gasteiger partial charge is 0.468 e. The Morgan fingerprint density at radius 1 is 1.24 bits per heavy atom. The monoisotopic (exact) mass is 364 g/mol. The maximum atomic E-state index is 13.0. The summed E-state index contributed by atoms with van der Waals surface area (Å²) in [5, 5.41) is 8.20. The molecule has 8 nitrogen and oxygen atoms in total. The Labute approximate surface area is 146 Å². The Morgan fingerprint density at radius 2 is 2.00 bits per heavy atom. The highest BCUT2D eigenvalue weighted by molar-refractivity contribution is 7.89. The molecule has 0 aliphatic heterocycles. The average molecular weight is 364 g/mol. The highest BCUT2D eigenvalue weighted by atomic mass is 32.2. The van der Waals surface area contributed by atoms with Crippen LogP contribution in [0.15, 0.2) is 38.3 Å². The van der Waals surface area contributed by atoms with Gasteiger partial charge >= 0.3 is 0 Å². The van der Waals surface area contributed by atoms with Crippen LogP contribution >= 0.6 is 0 Å². The summed E-state index contributed by atoms with van der Waals surface area (Å²) in [5.74, 6) is 1.20. The van der Waals surface area contributed by atoms with Crippen molar-refractivity contribution in [3.05, 3.63) is 53.1 Å². The molecule has 9 heteroatoms. The van der Waals surface area contributed by atoms with E-state index in [0.717, 1.165) is 5.69 Å². The van der Waals surface area contributed by atoms with Crippen LogP contribution in [0.25, 0.3) is 0 Å². The van der Waals surface area contributed by atoms with Gasteiger partial charge in [0.15, 0.2) is 5.76 Å². The van der Waals surface area contributed by atoms with Crippen molar-refractivity contribution in [3.8, 4) is 0 Å². The topological polar surface area (TPSA) is 94.4 Å². The summed E-state index contributed by atoms with van der Waals surface area (Å²) in [6.45, 7) is 5.72. The number of hydrogen-bond donors (Lipinski definition) is 0. The molecule has 0 N–H and O–H groups in total. The van der Waals surface area contributed by atoms with Gasteiger partial charge in [0.25, 0.3) is 0 Å². The van der Waals surface area contributed by atoms with Gasteiger partial charge < -0.3 is 8.94 Å². The van der Waals surface area contributed by atoms with E-state index >= 15 is 0 Å². The lowest BCUT2D eigenvalue weighted by Gasteiger charge is -2.16. The van der Waals surface area contributed by atoms with Gasteiger partial charge in [0.1, 0.15) is 17.2 Å². The standard InChI is InChI=1S/C16H20N4O4S/c1-11-8-15(24-18-11)10-20-13(3)16(12(2)17-20)25(21,22)19(4)9-14-6-5-7-23-14/h5-8H,9-10H2,1-4H3. The number of sulfonamides is 1. The third-order valence-electron chi connectivity index (χ3n) is 3.92. The fourth-order valence-corrected chi connectivity index (χ4v) is 4.21. The van der Waals surface area contributed by atoms with Crippen molar-refractivity contribution in [1.29, 1.82) is 0 Å². The van der Waals surface area contributed by atoms with E-state index < -0.39 is 10.0 Å². The van der Waals surface area contributed by atoms with Crippen molar-refractivity contribution >= 4 is 10.0 Å². The zero-order chi connectivity index (χ0) is 18.2. The molecule has 0 spiro atoms. The Morgan fingerprint density at radius 3 is 2.60 bits per heavy atom. The smallest absolute Gasteiger partial charge is 0.246 e. The maximum Gasteiger partial charge on any atom is 0.246 e. The van der Waals surface area contributed by atoms with Crippen LogP contribution in [0.1, 0.15) is 28.6 Å². The van der Waals surface area contributed by atoms with E-state index in [1.807, 2.05) is 6.92 Å². The van der Waals surface area contributed by atoms with Crippen LogP contribution in [-0.4, -0.2) is 34.7 Å². The molecule has 3 rings (SSSR count). The van der Waals surface area contributed by atoms with E-state index in [1.165, 1.54) is 17.6 Å². The van der Waals surface area contributed by atoms with Gasteiger partial charge in [-0.25, -0.2) is 8.42 Å². The van der Waals surface area contributed by atoms with Crippen molar-refractivity contribution in [2.75, 3.05) is 7.05 Å². The first-order valence-electron chi connectivity index (χ1n) is 7.74. The lowest BCUT2D eigenvalue weighted by Crippen LogP contribution is -2.27. The molecule has 0 fully saturated rings. The van der Waals surface area contributed by atoms with Gasteiger partial charge in [-0.2, -0.15) is 9.40 Å². The highest BCUT2D eigenvalue weighted by Crippen LogP contribution is 2.24. The summed E-state index contributed by atoms with van der Waals surface area (Å²) in [6.07, 6.45) is 1.52. The van der Waals surface area contributed by atoms with E-state index in [4.69, 9.17) is 8.94 Å². The normalized spacial score (nSPS) is 12.2. The van der Waals surface area contributed by atoms with Crippen molar-refractivity contribution in [1.82, 2.24) is 19.2 Å².